The molecule has 0 heterocycles. The van der Waals surface area contributed by atoms with E-state index >= 15 is 0 Å². The Kier molecular flexibility index (Phi) is 3.97. The maximum absolute atomic E-state index is 13.0. The van der Waals surface area contributed by atoms with Crippen molar-refractivity contribution < 1.29 is 9.18 Å². The lowest BCUT2D eigenvalue weighted by atomic mass is 9.95. The third kappa shape index (κ3) is 2.70. The maximum Gasteiger partial charge on any atom is 0.227 e. The number of amides is 1. The molecule has 1 aliphatic rings. The summed E-state index contributed by atoms with van der Waals surface area (Å²) in [6.45, 7) is 2.34. The first-order valence-electron chi connectivity index (χ1n) is 6.39. The molecule has 0 unspecified atom stereocenters. The van der Waals surface area contributed by atoms with E-state index in [1.165, 1.54) is 12.1 Å². The van der Waals surface area contributed by atoms with Crippen LogP contribution in [0.3, 0.4) is 0 Å². The Hall–Kier alpha value is -1.42. The molecule has 2 rings (SSSR count). The number of anilines is 1. The van der Waals surface area contributed by atoms with Gasteiger partial charge in [-0.05, 0) is 56.0 Å². The third-order valence-corrected chi connectivity index (χ3v) is 3.74. The van der Waals surface area contributed by atoms with Crippen LogP contribution in [0, 0.1) is 24.6 Å². The van der Waals surface area contributed by atoms with Crippen molar-refractivity contribution in [2.24, 2.45) is 17.6 Å². The minimum absolute atomic E-state index is 0.000506. The summed E-state index contributed by atoms with van der Waals surface area (Å²) in [5.74, 6) is 0.00839. The molecule has 2 atom stereocenters. The van der Waals surface area contributed by atoms with Gasteiger partial charge < -0.3 is 11.1 Å². The zero-order valence-electron chi connectivity index (χ0n) is 10.6. The predicted octanol–water partition coefficient (Wildman–Crippen LogP) is 2.45. The minimum Gasteiger partial charge on any atom is -0.330 e. The molecule has 1 aliphatic carbocycles. The van der Waals surface area contributed by atoms with Crippen LogP contribution >= 0.6 is 0 Å². The summed E-state index contributed by atoms with van der Waals surface area (Å²) in [4.78, 5) is 12.2. The third-order valence-electron chi connectivity index (χ3n) is 3.74. The highest BCUT2D eigenvalue weighted by Gasteiger charge is 2.31. The van der Waals surface area contributed by atoms with E-state index in [2.05, 4.69) is 5.32 Å². The fourth-order valence-electron chi connectivity index (χ4n) is 2.66. The Morgan fingerprint density at radius 2 is 2.28 bits per heavy atom. The molecule has 1 amide bonds. The van der Waals surface area contributed by atoms with Gasteiger partial charge in [-0.25, -0.2) is 4.39 Å². The number of rotatable bonds is 3. The van der Waals surface area contributed by atoms with Gasteiger partial charge in [-0.1, -0.05) is 6.42 Å². The van der Waals surface area contributed by atoms with Gasteiger partial charge in [0.2, 0.25) is 5.91 Å². The SMILES string of the molecule is Cc1cc(F)ccc1NC(=O)[C@@H]1CCC[C@@H]1CN. The number of carbonyl (C=O) groups is 1. The highest BCUT2D eigenvalue weighted by molar-refractivity contribution is 5.93. The lowest BCUT2D eigenvalue weighted by Gasteiger charge is -2.18. The van der Waals surface area contributed by atoms with Crippen LogP contribution in [0.15, 0.2) is 18.2 Å². The largest absolute Gasteiger partial charge is 0.330 e. The Morgan fingerprint density at radius 1 is 1.50 bits per heavy atom. The normalized spacial score (nSPS) is 23.1. The first-order valence-corrected chi connectivity index (χ1v) is 6.39. The van der Waals surface area contributed by atoms with Crippen molar-refractivity contribution in [3.63, 3.8) is 0 Å². The second-order valence-electron chi connectivity index (χ2n) is 4.98. The molecule has 0 aliphatic heterocycles. The number of hydrogen-bond acceptors (Lipinski definition) is 2. The first-order chi connectivity index (χ1) is 8.61. The smallest absolute Gasteiger partial charge is 0.227 e. The number of benzene rings is 1. The van der Waals surface area contributed by atoms with Crippen LogP contribution in [0.4, 0.5) is 10.1 Å². The van der Waals surface area contributed by atoms with Crippen molar-refractivity contribution >= 4 is 11.6 Å². The van der Waals surface area contributed by atoms with E-state index in [4.69, 9.17) is 5.73 Å². The van der Waals surface area contributed by atoms with Crippen molar-refractivity contribution in [2.75, 3.05) is 11.9 Å². The molecule has 1 aromatic rings. The minimum atomic E-state index is -0.286. The number of hydrogen-bond donors (Lipinski definition) is 2. The van der Waals surface area contributed by atoms with Crippen molar-refractivity contribution in [3.05, 3.63) is 29.6 Å². The van der Waals surface area contributed by atoms with E-state index in [9.17, 15) is 9.18 Å². The topological polar surface area (TPSA) is 55.1 Å². The number of carbonyl (C=O) groups excluding carboxylic acids is 1. The quantitative estimate of drug-likeness (QED) is 0.865. The lowest BCUT2D eigenvalue weighted by Crippen LogP contribution is -2.29. The molecule has 0 spiro atoms. The van der Waals surface area contributed by atoms with Gasteiger partial charge in [0.05, 0.1) is 0 Å². The van der Waals surface area contributed by atoms with Crippen LogP contribution in [0.1, 0.15) is 24.8 Å². The molecular formula is C14H19FN2O. The molecule has 3 N–H and O–H groups in total. The Bertz CT molecular complexity index is 447. The molecule has 1 fully saturated rings. The summed E-state index contributed by atoms with van der Waals surface area (Å²) >= 11 is 0. The second kappa shape index (κ2) is 5.48. The van der Waals surface area contributed by atoms with Gasteiger partial charge in [0.1, 0.15) is 5.82 Å². The van der Waals surface area contributed by atoms with Crippen molar-refractivity contribution in [1.29, 1.82) is 0 Å². The Morgan fingerprint density at radius 3 is 2.94 bits per heavy atom. The summed E-state index contributed by atoms with van der Waals surface area (Å²) in [7, 11) is 0. The average molecular weight is 250 g/mol. The summed E-state index contributed by atoms with van der Waals surface area (Å²) in [6.07, 6.45) is 2.98. The Labute approximate surface area is 107 Å². The van der Waals surface area contributed by atoms with Crippen molar-refractivity contribution in [1.82, 2.24) is 0 Å². The number of nitrogens with one attached hydrogen (secondary N) is 1. The number of halogens is 1. The molecular weight excluding hydrogens is 231 g/mol. The fraction of sp³-hybridized carbons (Fsp3) is 0.500. The fourth-order valence-corrected chi connectivity index (χ4v) is 2.66. The van der Waals surface area contributed by atoms with Gasteiger partial charge in [-0.3, -0.25) is 4.79 Å². The number of nitrogens with two attached hydrogens (primary N) is 1. The van der Waals surface area contributed by atoms with E-state index in [0.29, 0.717) is 12.2 Å². The summed E-state index contributed by atoms with van der Waals surface area (Å²) in [6, 6.07) is 4.39. The average Bonchev–Trinajstić information content (AvgIpc) is 2.81. The summed E-state index contributed by atoms with van der Waals surface area (Å²) < 4.78 is 13.0. The molecule has 98 valence electrons. The molecule has 1 saturated carbocycles. The molecule has 0 bridgehead atoms. The molecule has 0 radical (unpaired) electrons. The first kappa shape index (κ1) is 13.0. The van der Waals surface area contributed by atoms with Gasteiger partial charge in [-0.2, -0.15) is 0 Å². The van der Waals surface area contributed by atoms with Crippen LogP contribution < -0.4 is 11.1 Å². The van der Waals surface area contributed by atoms with E-state index < -0.39 is 0 Å². The van der Waals surface area contributed by atoms with E-state index in [1.54, 1.807) is 13.0 Å². The standard InChI is InChI=1S/C14H19FN2O/c1-9-7-11(15)5-6-13(9)17-14(18)12-4-2-3-10(12)8-16/h5-7,10,12H,2-4,8,16H2,1H3,(H,17,18)/t10-,12-/m1/s1. The van der Waals surface area contributed by atoms with Crippen LogP contribution in [-0.4, -0.2) is 12.5 Å². The maximum atomic E-state index is 13.0. The molecule has 0 saturated heterocycles. The van der Waals surface area contributed by atoms with Crippen LogP contribution in [0.25, 0.3) is 0 Å². The summed E-state index contributed by atoms with van der Waals surface area (Å²) in [5.41, 5.74) is 7.10. The second-order valence-corrected chi connectivity index (χ2v) is 4.98. The highest BCUT2D eigenvalue weighted by atomic mass is 19.1. The van der Waals surface area contributed by atoms with Gasteiger partial charge in [-0.15, -0.1) is 0 Å². The predicted molar refractivity (Wildman–Crippen MR) is 69.7 cm³/mol. The zero-order valence-corrected chi connectivity index (χ0v) is 10.6. The molecule has 4 heteroatoms. The van der Waals surface area contributed by atoms with Gasteiger partial charge in [0.25, 0.3) is 0 Å². The van der Waals surface area contributed by atoms with Crippen molar-refractivity contribution in [2.45, 2.75) is 26.2 Å². The van der Waals surface area contributed by atoms with Gasteiger partial charge >= 0.3 is 0 Å². The van der Waals surface area contributed by atoms with E-state index in [1.807, 2.05) is 0 Å². The highest BCUT2D eigenvalue weighted by Crippen LogP contribution is 2.32. The lowest BCUT2D eigenvalue weighted by molar-refractivity contribution is -0.120. The number of aryl methyl sites for hydroxylation is 1. The molecule has 3 nitrogen and oxygen atoms in total. The van der Waals surface area contributed by atoms with Crippen LogP contribution in [0.2, 0.25) is 0 Å². The molecule has 1 aromatic carbocycles. The monoisotopic (exact) mass is 250 g/mol. The molecule has 18 heavy (non-hydrogen) atoms. The van der Waals surface area contributed by atoms with Crippen LogP contribution in [-0.2, 0) is 4.79 Å². The van der Waals surface area contributed by atoms with E-state index in [0.717, 1.165) is 24.8 Å². The molecule has 0 aromatic heterocycles. The zero-order chi connectivity index (χ0) is 13.1. The summed E-state index contributed by atoms with van der Waals surface area (Å²) in [5, 5.41) is 2.88. The van der Waals surface area contributed by atoms with Gasteiger partial charge in [0, 0.05) is 11.6 Å². The van der Waals surface area contributed by atoms with E-state index in [-0.39, 0.29) is 23.6 Å². The van der Waals surface area contributed by atoms with Gasteiger partial charge in [0.15, 0.2) is 0 Å². The van der Waals surface area contributed by atoms with Crippen LogP contribution in [0.5, 0.6) is 0 Å². The Balaban J connectivity index is 2.07. The van der Waals surface area contributed by atoms with Crippen molar-refractivity contribution in [3.8, 4) is 0 Å².